The van der Waals surface area contributed by atoms with Crippen LogP contribution in [0.1, 0.15) is 15.9 Å². The molecule has 2 rings (SSSR count). The molecule has 0 bridgehead atoms. The Morgan fingerprint density at radius 3 is 2.57 bits per heavy atom. The number of alkyl halides is 3. The summed E-state index contributed by atoms with van der Waals surface area (Å²) in [5.74, 6) is -2.76. The minimum atomic E-state index is -4.81. The maximum atomic E-state index is 13.1. The zero-order valence-electron chi connectivity index (χ0n) is 11.6. The molecule has 0 saturated heterocycles. The number of nitrogens with one attached hydrogen (secondary N) is 1. The van der Waals surface area contributed by atoms with Gasteiger partial charge in [0.2, 0.25) is 0 Å². The number of ether oxygens (including phenoxy) is 1. The summed E-state index contributed by atoms with van der Waals surface area (Å²) in [6, 6.07) is 4.24. The van der Waals surface area contributed by atoms with Crippen LogP contribution in [0.25, 0.3) is 0 Å². The molecular weight excluding hydrogens is 320 g/mol. The smallest absolute Gasteiger partial charge is 0.478 e. The Hall–Kier alpha value is -2.84. The first kappa shape index (κ1) is 16.5. The molecule has 2 N–H and O–H groups in total. The largest absolute Gasteiger partial charge is 0.573 e. The van der Waals surface area contributed by atoms with E-state index in [2.05, 4.69) is 15.0 Å². The fourth-order valence-electron chi connectivity index (χ4n) is 1.80. The van der Waals surface area contributed by atoms with Crippen molar-refractivity contribution in [3.05, 3.63) is 47.4 Å². The number of aromatic nitrogens is 1. The molecule has 122 valence electrons. The molecule has 0 aliphatic carbocycles. The quantitative estimate of drug-likeness (QED) is 0.833. The summed E-state index contributed by atoms with van der Waals surface area (Å²) in [6.07, 6.45) is -3.98. The van der Waals surface area contributed by atoms with Crippen molar-refractivity contribution < 1.29 is 32.2 Å². The van der Waals surface area contributed by atoms with Gasteiger partial charge in [-0.15, -0.1) is 13.2 Å². The zero-order valence-corrected chi connectivity index (χ0v) is 11.6. The average molecular weight is 330 g/mol. The lowest BCUT2D eigenvalue weighted by molar-refractivity contribution is -0.274. The number of benzene rings is 1. The van der Waals surface area contributed by atoms with Crippen LogP contribution in [-0.2, 0) is 0 Å². The fraction of sp³-hybridized carbons (Fsp3) is 0.143. The van der Waals surface area contributed by atoms with E-state index in [-0.39, 0.29) is 5.82 Å². The highest BCUT2D eigenvalue weighted by Gasteiger charge is 2.31. The van der Waals surface area contributed by atoms with Gasteiger partial charge in [-0.05, 0) is 36.8 Å². The molecule has 0 amide bonds. The minimum absolute atomic E-state index is 0.133. The van der Waals surface area contributed by atoms with E-state index in [9.17, 15) is 22.4 Å². The monoisotopic (exact) mass is 330 g/mol. The first-order chi connectivity index (χ1) is 10.7. The van der Waals surface area contributed by atoms with Crippen LogP contribution in [0.2, 0.25) is 0 Å². The van der Waals surface area contributed by atoms with Crippen molar-refractivity contribution >= 4 is 17.5 Å². The maximum Gasteiger partial charge on any atom is 0.573 e. The van der Waals surface area contributed by atoms with Crippen LogP contribution in [0.4, 0.5) is 29.1 Å². The molecule has 1 aromatic heterocycles. The van der Waals surface area contributed by atoms with Crippen molar-refractivity contribution in [1.82, 2.24) is 4.98 Å². The van der Waals surface area contributed by atoms with Crippen molar-refractivity contribution in [1.29, 1.82) is 0 Å². The van der Waals surface area contributed by atoms with Gasteiger partial charge in [0, 0.05) is 5.69 Å². The Morgan fingerprint density at radius 2 is 2.00 bits per heavy atom. The van der Waals surface area contributed by atoms with Crippen LogP contribution >= 0.6 is 0 Å². The predicted molar refractivity (Wildman–Crippen MR) is 72.3 cm³/mol. The van der Waals surface area contributed by atoms with E-state index < -0.39 is 29.5 Å². The van der Waals surface area contributed by atoms with Gasteiger partial charge in [0.1, 0.15) is 22.9 Å². The Morgan fingerprint density at radius 1 is 1.30 bits per heavy atom. The van der Waals surface area contributed by atoms with Crippen molar-refractivity contribution in [3.8, 4) is 5.75 Å². The summed E-state index contributed by atoms with van der Waals surface area (Å²) in [5, 5.41) is 11.7. The number of halogens is 4. The second-order valence-corrected chi connectivity index (χ2v) is 4.50. The molecule has 0 spiro atoms. The van der Waals surface area contributed by atoms with Crippen LogP contribution < -0.4 is 10.1 Å². The lowest BCUT2D eigenvalue weighted by Crippen LogP contribution is -2.17. The molecule has 9 heteroatoms. The second-order valence-electron chi connectivity index (χ2n) is 4.50. The molecule has 2 aromatic rings. The number of pyridine rings is 1. The second kappa shape index (κ2) is 6.11. The van der Waals surface area contributed by atoms with E-state index in [1.807, 2.05) is 0 Å². The number of carbonyl (C=O) groups is 1. The number of hydrogen-bond donors (Lipinski definition) is 2. The molecule has 0 radical (unpaired) electrons. The number of rotatable bonds is 4. The highest BCUT2D eigenvalue weighted by atomic mass is 19.4. The third-order valence-electron chi connectivity index (χ3n) is 2.77. The first-order valence-electron chi connectivity index (χ1n) is 6.18. The lowest BCUT2D eigenvalue weighted by Gasteiger charge is -2.13. The SMILES string of the molecule is Cc1cc(OC(F)(F)F)ccc1Nc1ncc(F)cc1C(=O)O. The Labute approximate surface area is 127 Å². The van der Waals surface area contributed by atoms with Crippen molar-refractivity contribution in [3.63, 3.8) is 0 Å². The zero-order chi connectivity index (χ0) is 17.2. The van der Waals surface area contributed by atoms with Crippen molar-refractivity contribution in [2.45, 2.75) is 13.3 Å². The Bertz CT molecular complexity index is 747. The van der Waals surface area contributed by atoms with Crippen LogP contribution in [-0.4, -0.2) is 22.4 Å². The average Bonchev–Trinajstić information content (AvgIpc) is 2.41. The molecule has 0 atom stereocenters. The van der Waals surface area contributed by atoms with E-state index in [1.165, 1.54) is 13.0 Å². The molecule has 1 aromatic carbocycles. The van der Waals surface area contributed by atoms with E-state index >= 15 is 0 Å². The molecule has 0 saturated carbocycles. The summed E-state index contributed by atoms with van der Waals surface area (Å²) >= 11 is 0. The van der Waals surface area contributed by atoms with Gasteiger partial charge in [-0.1, -0.05) is 0 Å². The first-order valence-corrected chi connectivity index (χ1v) is 6.18. The normalized spacial score (nSPS) is 11.2. The molecule has 5 nitrogen and oxygen atoms in total. The number of hydrogen-bond acceptors (Lipinski definition) is 4. The number of aromatic carboxylic acids is 1. The summed E-state index contributed by atoms with van der Waals surface area (Å²) in [5.41, 5.74) is 0.260. The molecule has 0 fully saturated rings. The summed E-state index contributed by atoms with van der Waals surface area (Å²) in [6.45, 7) is 1.50. The maximum absolute atomic E-state index is 13.1. The predicted octanol–water partition coefficient (Wildman–Crippen LogP) is 3.87. The van der Waals surface area contributed by atoms with Gasteiger partial charge in [0.15, 0.2) is 0 Å². The minimum Gasteiger partial charge on any atom is -0.478 e. The van der Waals surface area contributed by atoms with Gasteiger partial charge in [-0.2, -0.15) is 0 Å². The Balaban J connectivity index is 2.29. The van der Waals surface area contributed by atoms with Gasteiger partial charge in [-0.3, -0.25) is 0 Å². The van der Waals surface area contributed by atoms with E-state index in [0.717, 1.165) is 24.4 Å². The number of anilines is 2. The van der Waals surface area contributed by atoms with E-state index in [0.29, 0.717) is 11.3 Å². The van der Waals surface area contributed by atoms with Gasteiger partial charge in [0.25, 0.3) is 0 Å². The lowest BCUT2D eigenvalue weighted by atomic mass is 10.1. The summed E-state index contributed by atoms with van der Waals surface area (Å²) in [7, 11) is 0. The molecule has 1 heterocycles. The standard InChI is InChI=1S/C14H10F4N2O3/c1-7-4-9(23-14(16,17)18)2-3-11(7)20-12-10(13(21)22)5-8(15)6-19-12/h2-6H,1H3,(H,19,20)(H,21,22). The summed E-state index contributed by atoms with van der Waals surface area (Å²) in [4.78, 5) is 14.7. The number of aryl methyl sites for hydroxylation is 1. The summed E-state index contributed by atoms with van der Waals surface area (Å²) < 4.78 is 53.3. The highest BCUT2D eigenvalue weighted by Crippen LogP contribution is 2.29. The molecule has 0 aliphatic rings. The third kappa shape index (κ3) is 4.31. The number of carboxylic acid groups (broad SMARTS) is 1. The van der Waals surface area contributed by atoms with Gasteiger partial charge < -0.3 is 15.2 Å². The Kier molecular flexibility index (Phi) is 4.39. The fourth-order valence-corrected chi connectivity index (χ4v) is 1.80. The molecule has 0 unspecified atom stereocenters. The van der Waals surface area contributed by atoms with E-state index in [4.69, 9.17) is 5.11 Å². The van der Waals surface area contributed by atoms with Gasteiger partial charge in [-0.25, -0.2) is 14.2 Å². The van der Waals surface area contributed by atoms with Crippen LogP contribution in [0.3, 0.4) is 0 Å². The molecular formula is C14H10F4N2O3. The van der Waals surface area contributed by atoms with Crippen molar-refractivity contribution in [2.24, 2.45) is 0 Å². The van der Waals surface area contributed by atoms with Crippen LogP contribution in [0.15, 0.2) is 30.5 Å². The number of carboxylic acids is 1. The van der Waals surface area contributed by atoms with Crippen LogP contribution in [0.5, 0.6) is 5.75 Å². The molecule has 0 aliphatic heterocycles. The van der Waals surface area contributed by atoms with Crippen LogP contribution in [0, 0.1) is 12.7 Å². The number of nitrogens with zero attached hydrogens (tertiary/aromatic N) is 1. The topological polar surface area (TPSA) is 71.5 Å². The van der Waals surface area contributed by atoms with Crippen molar-refractivity contribution in [2.75, 3.05) is 5.32 Å². The highest BCUT2D eigenvalue weighted by molar-refractivity contribution is 5.94. The van der Waals surface area contributed by atoms with E-state index in [1.54, 1.807) is 0 Å². The third-order valence-corrected chi connectivity index (χ3v) is 2.77. The van der Waals surface area contributed by atoms with Gasteiger partial charge in [0.05, 0.1) is 6.20 Å². The molecule has 23 heavy (non-hydrogen) atoms. The van der Waals surface area contributed by atoms with Gasteiger partial charge >= 0.3 is 12.3 Å².